The largest absolute Gasteiger partial charge is 0.298 e. The number of carbonyl (C=O) groups is 1. The quantitative estimate of drug-likeness (QED) is 0.531. The Labute approximate surface area is 189 Å². The summed E-state index contributed by atoms with van der Waals surface area (Å²) in [5, 5.41) is 0. The third-order valence-electron chi connectivity index (χ3n) is 7.59. The molecule has 1 aliphatic carbocycles. The van der Waals surface area contributed by atoms with Crippen LogP contribution in [0, 0.1) is 5.92 Å². The van der Waals surface area contributed by atoms with Gasteiger partial charge in [0.1, 0.15) is 0 Å². The van der Waals surface area contributed by atoms with Crippen LogP contribution in [-0.4, -0.2) is 24.3 Å². The highest BCUT2D eigenvalue weighted by atomic mass is 16.1. The van der Waals surface area contributed by atoms with Crippen molar-refractivity contribution < 1.29 is 4.79 Å². The van der Waals surface area contributed by atoms with Crippen molar-refractivity contribution in [1.82, 2.24) is 4.90 Å². The lowest BCUT2D eigenvalue weighted by Gasteiger charge is -2.26. The van der Waals surface area contributed by atoms with Crippen molar-refractivity contribution in [2.24, 2.45) is 5.92 Å². The van der Waals surface area contributed by atoms with E-state index in [-0.39, 0.29) is 17.4 Å². The number of rotatable bonds is 5. The smallest absolute Gasteiger partial charge is 0.151 e. The van der Waals surface area contributed by atoms with Crippen LogP contribution in [0.5, 0.6) is 0 Å². The number of benzene rings is 2. The molecule has 2 aromatic rings. The van der Waals surface area contributed by atoms with Gasteiger partial charge in [0.15, 0.2) is 5.78 Å². The van der Waals surface area contributed by atoms with Gasteiger partial charge in [-0.15, -0.1) is 0 Å². The van der Waals surface area contributed by atoms with E-state index in [4.69, 9.17) is 0 Å². The molecule has 0 amide bonds. The van der Waals surface area contributed by atoms with Gasteiger partial charge in [-0.1, -0.05) is 88.6 Å². The molecule has 0 N–H and O–H groups in total. The number of ketones is 1. The van der Waals surface area contributed by atoms with E-state index in [9.17, 15) is 4.79 Å². The first-order chi connectivity index (χ1) is 14.8. The van der Waals surface area contributed by atoms with Gasteiger partial charge in [-0.3, -0.25) is 9.69 Å². The van der Waals surface area contributed by atoms with Gasteiger partial charge >= 0.3 is 0 Å². The van der Waals surface area contributed by atoms with Crippen molar-refractivity contribution >= 4 is 5.78 Å². The fraction of sp³-hybridized carbons (Fsp3) is 0.552. The third-order valence-corrected chi connectivity index (χ3v) is 7.59. The Morgan fingerprint density at radius 3 is 2.10 bits per heavy atom. The monoisotopic (exact) mass is 417 g/mol. The molecule has 2 fully saturated rings. The zero-order chi connectivity index (χ0) is 22.0. The molecule has 0 bridgehead atoms. The first-order valence-electron chi connectivity index (χ1n) is 12.2. The van der Waals surface area contributed by atoms with Crippen LogP contribution < -0.4 is 0 Å². The van der Waals surface area contributed by atoms with Gasteiger partial charge in [0.05, 0.1) is 6.54 Å². The summed E-state index contributed by atoms with van der Waals surface area (Å²) in [6.45, 7) is 7.30. The Morgan fingerprint density at radius 1 is 0.871 bits per heavy atom. The summed E-state index contributed by atoms with van der Waals surface area (Å²) in [5.41, 5.74) is 5.65. The van der Waals surface area contributed by atoms with Crippen LogP contribution in [0.1, 0.15) is 93.5 Å². The summed E-state index contributed by atoms with van der Waals surface area (Å²) in [5.74, 6) is 1.24. The van der Waals surface area contributed by atoms with E-state index in [2.05, 4.69) is 81.2 Å². The second-order valence-corrected chi connectivity index (χ2v) is 10.9. The van der Waals surface area contributed by atoms with Gasteiger partial charge in [0.2, 0.25) is 0 Å². The van der Waals surface area contributed by atoms with E-state index in [1.807, 2.05) is 0 Å². The molecule has 2 aliphatic rings. The summed E-state index contributed by atoms with van der Waals surface area (Å²) >= 11 is 0. The van der Waals surface area contributed by atoms with Crippen LogP contribution in [0.25, 0.3) is 0 Å². The van der Waals surface area contributed by atoms with Gasteiger partial charge in [-0.2, -0.15) is 0 Å². The second kappa shape index (κ2) is 9.28. The van der Waals surface area contributed by atoms with E-state index in [1.165, 1.54) is 54.4 Å². The maximum absolute atomic E-state index is 12.8. The fourth-order valence-corrected chi connectivity index (χ4v) is 5.65. The SMILES string of the molecule is CN1CC(=O)C(CCc2ccc(C3CCCCC3)cc2)C1c1ccc(C(C)(C)C)cc1. The lowest BCUT2D eigenvalue weighted by Crippen LogP contribution is -2.22. The summed E-state index contributed by atoms with van der Waals surface area (Å²) in [6, 6.07) is 18.5. The predicted octanol–water partition coefficient (Wildman–Crippen LogP) is 6.84. The molecule has 2 heteroatoms. The maximum atomic E-state index is 12.8. The summed E-state index contributed by atoms with van der Waals surface area (Å²) in [7, 11) is 2.10. The second-order valence-electron chi connectivity index (χ2n) is 10.9. The van der Waals surface area contributed by atoms with Crippen molar-refractivity contribution in [3.63, 3.8) is 0 Å². The highest BCUT2D eigenvalue weighted by molar-refractivity contribution is 5.86. The molecule has 4 rings (SSSR count). The molecule has 2 nitrogen and oxygen atoms in total. The molecule has 1 saturated carbocycles. The Morgan fingerprint density at radius 2 is 1.48 bits per heavy atom. The van der Waals surface area contributed by atoms with Crippen LogP contribution in [-0.2, 0) is 16.6 Å². The molecule has 0 radical (unpaired) electrons. The first-order valence-corrected chi connectivity index (χ1v) is 12.2. The van der Waals surface area contributed by atoms with E-state index < -0.39 is 0 Å². The average molecular weight is 418 g/mol. The summed E-state index contributed by atoms with van der Waals surface area (Å²) < 4.78 is 0. The van der Waals surface area contributed by atoms with E-state index in [0.717, 1.165) is 18.8 Å². The maximum Gasteiger partial charge on any atom is 0.151 e. The number of Topliss-reactive ketones (excluding diaryl/α,β-unsaturated/α-hetero) is 1. The van der Waals surface area contributed by atoms with Crippen LogP contribution in [0.2, 0.25) is 0 Å². The number of likely N-dealkylation sites (tertiary alicyclic amines) is 1. The van der Waals surface area contributed by atoms with Gasteiger partial charge in [-0.25, -0.2) is 0 Å². The number of carbonyl (C=O) groups excluding carboxylic acids is 1. The highest BCUT2D eigenvalue weighted by Gasteiger charge is 2.39. The molecule has 31 heavy (non-hydrogen) atoms. The molecule has 0 spiro atoms. The molecular formula is C29H39NO. The third kappa shape index (κ3) is 5.12. The lowest BCUT2D eigenvalue weighted by molar-refractivity contribution is -0.120. The standard InChI is InChI=1S/C29H39NO/c1-29(2,3)25-17-15-24(16-18-25)28-26(27(31)20-30(28)4)19-12-21-10-13-23(14-11-21)22-8-6-5-7-9-22/h10-11,13-18,22,26,28H,5-9,12,19-20H2,1-4H3. The van der Waals surface area contributed by atoms with Gasteiger partial charge < -0.3 is 0 Å². The molecule has 1 heterocycles. The van der Waals surface area contributed by atoms with Gasteiger partial charge in [0.25, 0.3) is 0 Å². The van der Waals surface area contributed by atoms with Crippen molar-refractivity contribution in [3.05, 3.63) is 70.8 Å². The normalized spacial score (nSPS) is 23.4. The molecule has 2 unspecified atom stereocenters. The number of hydrogen-bond acceptors (Lipinski definition) is 2. The number of nitrogens with zero attached hydrogens (tertiary/aromatic N) is 1. The van der Waals surface area contributed by atoms with Crippen molar-refractivity contribution in [2.75, 3.05) is 13.6 Å². The number of likely N-dealkylation sites (N-methyl/N-ethyl adjacent to an activating group) is 1. The molecule has 1 saturated heterocycles. The minimum absolute atomic E-state index is 0.0866. The van der Waals surface area contributed by atoms with E-state index >= 15 is 0 Å². The molecule has 0 aromatic heterocycles. The molecule has 2 aromatic carbocycles. The van der Waals surface area contributed by atoms with Crippen molar-refractivity contribution in [2.45, 2.75) is 83.1 Å². The molecule has 166 valence electrons. The van der Waals surface area contributed by atoms with Crippen LogP contribution in [0.4, 0.5) is 0 Å². The lowest BCUT2D eigenvalue weighted by atomic mass is 9.83. The van der Waals surface area contributed by atoms with Crippen molar-refractivity contribution in [3.8, 4) is 0 Å². The topological polar surface area (TPSA) is 20.3 Å². The highest BCUT2D eigenvalue weighted by Crippen LogP contribution is 2.38. The van der Waals surface area contributed by atoms with Crippen LogP contribution in [0.15, 0.2) is 48.5 Å². The Balaban J connectivity index is 1.43. The molecule has 1 aliphatic heterocycles. The fourth-order valence-electron chi connectivity index (χ4n) is 5.65. The summed E-state index contributed by atoms with van der Waals surface area (Å²) in [4.78, 5) is 15.1. The van der Waals surface area contributed by atoms with Crippen LogP contribution >= 0.6 is 0 Å². The Hall–Kier alpha value is -1.93. The van der Waals surface area contributed by atoms with Crippen LogP contribution in [0.3, 0.4) is 0 Å². The minimum atomic E-state index is 0.0866. The first kappa shape index (κ1) is 22.3. The predicted molar refractivity (Wildman–Crippen MR) is 130 cm³/mol. The molecule has 2 atom stereocenters. The van der Waals surface area contributed by atoms with E-state index in [0.29, 0.717) is 12.3 Å². The van der Waals surface area contributed by atoms with E-state index in [1.54, 1.807) is 0 Å². The van der Waals surface area contributed by atoms with Crippen molar-refractivity contribution in [1.29, 1.82) is 0 Å². The number of hydrogen-bond donors (Lipinski definition) is 0. The van der Waals surface area contributed by atoms with Gasteiger partial charge in [-0.05, 0) is 66.3 Å². The number of aryl methyl sites for hydroxylation is 1. The minimum Gasteiger partial charge on any atom is -0.298 e. The van der Waals surface area contributed by atoms with Gasteiger partial charge in [0, 0.05) is 12.0 Å². The Kier molecular flexibility index (Phi) is 6.67. The zero-order valence-corrected chi connectivity index (χ0v) is 19.9. The Bertz CT molecular complexity index is 868. The average Bonchev–Trinajstić information content (AvgIpc) is 3.05. The molecular weight excluding hydrogens is 378 g/mol. The zero-order valence-electron chi connectivity index (χ0n) is 19.9. The summed E-state index contributed by atoms with van der Waals surface area (Å²) in [6.07, 6.45) is 8.75.